The van der Waals surface area contributed by atoms with Crippen LogP contribution < -0.4 is 19.7 Å². The predicted molar refractivity (Wildman–Crippen MR) is 118 cm³/mol. The second kappa shape index (κ2) is 9.35. The van der Waals surface area contributed by atoms with E-state index in [2.05, 4.69) is 34.5 Å². The molecule has 1 aliphatic rings. The number of benzene rings is 3. The number of nitrogens with one attached hydrogen (secondary N) is 1. The Hall–Kier alpha value is -3.47. The summed E-state index contributed by atoms with van der Waals surface area (Å²) in [5, 5.41) is 2.81. The van der Waals surface area contributed by atoms with Gasteiger partial charge in [0.05, 0.1) is 7.11 Å². The lowest BCUT2D eigenvalue weighted by atomic mass is 10.1. The molecule has 0 atom stereocenters. The summed E-state index contributed by atoms with van der Waals surface area (Å²) in [6.07, 6.45) is 1.26. The maximum Gasteiger partial charge on any atom is 0.412 e. The van der Waals surface area contributed by atoms with Crippen LogP contribution in [0.4, 0.5) is 10.5 Å². The molecule has 5 nitrogen and oxygen atoms in total. The van der Waals surface area contributed by atoms with Crippen LogP contribution in [-0.2, 0) is 19.4 Å². The van der Waals surface area contributed by atoms with E-state index in [1.165, 1.54) is 16.8 Å². The smallest absolute Gasteiger partial charge is 0.412 e. The van der Waals surface area contributed by atoms with Gasteiger partial charge in [-0.25, -0.2) is 4.79 Å². The number of anilines is 1. The fourth-order valence-corrected chi connectivity index (χ4v) is 3.72. The van der Waals surface area contributed by atoms with Gasteiger partial charge in [0.2, 0.25) is 0 Å². The summed E-state index contributed by atoms with van der Waals surface area (Å²) in [7, 11) is 1.65. The Labute approximate surface area is 177 Å². The molecule has 0 saturated carbocycles. The van der Waals surface area contributed by atoms with Gasteiger partial charge in [-0.3, -0.25) is 0 Å². The molecule has 3 aromatic rings. The van der Waals surface area contributed by atoms with Crippen LogP contribution >= 0.6 is 0 Å². The van der Waals surface area contributed by atoms with Crippen LogP contribution in [0.2, 0.25) is 0 Å². The molecule has 3 aromatic carbocycles. The van der Waals surface area contributed by atoms with Crippen molar-refractivity contribution in [3.8, 4) is 11.5 Å². The topological polar surface area (TPSA) is 50.8 Å². The van der Waals surface area contributed by atoms with Crippen LogP contribution in [0.1, 0.15) is 16.7 Å². The second-order valence-corrected chi connectivity index (χ2v) is 7.36. The molecule has 0 saturated heterocycles. The van der Waals surface area contributed by atoms with Gasteiger partial charge in [-0.05, 0) is 59.9 Å². The molecule has 0 aliphatic carbocycles. The largest absolute Gasteiger partial charge is 0.497 e. The highest BCUT2D eigenvalue weighted by molar-refractivity contribution is 5.71. The lowest BCUT2D eigenvalue weighted by Crippen LogP contribution is -2.28. The van der Waals surface area contributed by atoms with Gasteiger partial charge < -0.3 is 19.7 Å². The fourth-order valence-electron chi connectivity index (χ4n) is 3.72. The molecule has 1 aliphatic heterocycles. The molecule has 1 N–H and O–H groups in total. The zero-order valence-corrected chi connectivity index (χ0v) is 17.1. The Kier molecular flexibility index (Phi) is 6.18. The molecule has 1 amide bonds. The molecule has 4 rings (SSSR count). The van der Waals surface area contributed by atoms with E-state index in [0.29, 0.717) is 12.3 Å². The third-order valence-corrected chi connectivity index (χ3v) is 5.31. The van der Waals surface area contributed by atoms with Crippen LogP contribution in [0.15, 0.2) is 72.8 Å². The average molecular weight is 402 g/mol. The number of carbonyl (C=O) groups is 1. The SMILES string of the molecule is COc1ccc(CCNC(=O)Oc2ccc3c(c2)CCN3Cc2ccccc2)cc1. The highest BCUT2D eigenvalue weighted by Crippen LogP contribution is 2.32. The third-order valence-electron chi connectivity index (χ3n) is 5.31. The lowest BCUT2D eigenvalue weighted by molar-refractivity contribution is 0.200. The third kappa shape index (κ3) is 4.92. The predicted octanol–water partition coefficient (Wildman–Crippen LogP) is 4.59. The summed E-state index contributed by atoms with van der Waals surface area (Å²) in [5.41, 5.74) is 4.86. The van der Waals surface area contributed by atoms with E-state index in [4.69, 9.17) is 9.47 Å². The van der Waals surface area contributed by atoms with E-state index in [0.717, 1.165) is 37.2 Å². The minimum absolute atomic E-state index is 0.428. The summed E-state index contributed by atoms with van der Waals surface area (Å²) in [6, 6.07) is 24.2. The average Bonchev–Trinajstić information content (AvgIpc) is 3.17. The molecule has 154 valence electrons. The standard InChI is InChI=1S/C25H26N2O3/c1-29-22-9-7-19(8-10-22)13-15-26-25(28)30-23-11-12-24-21(17-23)14-16-27(24)18-20-5-3-2-4-6-20/h2-12,17H,13-16,18H2,1H3,(H,26,28). The Morgan fingerprint density at radius 2 is 1.73 bits per heavy atom. The molecular weight excluding hydrogens is 376 g/mol. The van der Waals surface area contributed by atoms with E-state index in [1.807, 2.05) is 48.5 Å². The van der Waals surface area contributed by atoms with Crippen molar-refractivity contribution in [2.24, 2.45) is 0 Å². The van der Waals surface area contributed by atoms with Crippen molar-refractivity contribution in [1.82, 2.24) is 5.32 Å². The summed E-state index contributed by atoms with van der Waals surface area (Å²) in [4.78, 5) is 14.5. The van der Waals surface area contributed by atoms with Gasteiger partial charge in [-0.2, -0.15) is 0 Å². The van der Waals surface area contributed by atoms with E-state index in [9.17, 15) is 4.79 Å². The number of rotatable bonds is 7. The number of fused-ring (bicyclic) bond motifs is 1. The van der Waals surface area contributed by atoms with Crippen molar-refractivity contribution in [3.05, 3.63) is 89.5 Å². The van der Waals surface area contributed by atoms with Gasteiger partial charge in [0.1, 0.15) is 11.5 Å². The first-order valence-electron chi connectivity index (χ1n) is 10.2. The molecule has 5 heteroatoms. The van der Waals surface area contributed by atoms with E-state index >= 15 is 0 Å². The van der Waals surface area contributed by atoms with Crippen molar-refractivity contribution >= 4 is 11.8 Å². The molecule has 30 heavy (non-hydrogen) atoms. The van der Waals surface area contributed by atoms with Crippen molar-refractivity contribution in [2.75, 3.05) is 25.1 Å². The summed E-state index contributed by atoms with van der Waals surface area (Å²) < 4.78 is 10.6. The number of hydrogen-bond donors (Lipinski definition) is 1. The van der Waals surface area contributed by atoms with Gasteiger partial charge in [0, 0.05) is 25.3 Å². The molecule has 0 aromatic heterocycles. The first-order valence-corrected chi connectivity index (χ1v) is 10.2. The molecule has 0 spiro atoms. The first-order chi connectivity index (χ1) is 14.7. The van der Waals surface area contributed by atoms with E-state index < -0.39 is 6.09 Å². The zero-order chi connectivity index (χ0) is 20.8. The number of methoxy groups -OCH3 is 1. The first kappa shape index (κ1) is 19.8. The maximum atomic E-state index is 12.1. The van der Waals surface area contributed by atoms with E-state index in [1.54, 1.807) is 7.11 Å². The Bertz CT molecular complexity index is 987. The summed E-state index contributed by atoms with van der Waals surface area (Å²) >= 11 is 0. The van der Waals surface area contributed by atoms with Crippen LogP contribution in [0.25, 0.3) is 0 Å². The fraction of sp³-hybridized carbons (Fsp3) is 0.240. The second-order valence-electron chi connectivity index (χ2n) is 7.36. The minimum atomic E-state index is -0.428. The van der Waals surface area contributed by atoms with Crippen LogP contribution in [0.5, 0.6) is 11.5 Å². The van der Waals surface area contributed by atoms with Crippen molar-refractivity contribution in [3.63, 3.8) is 0 Å². The summed E-state index contributed by atoms with van der Waals surface area (Å²) in [5.74, 6) is 1.40. The lowest BCUT2D eigenvalue weighted by Gasteiger charge is -2.19. The number of amides is 1. The highest BCUT2D eigenvalue weighted by atomic mass is 16.6. The monoisotopic (exact) mass is 402 g/mol. The number of ether oxygens (including phenoxy) is 2. The molecule has 1 heterocycles. The van der Waals surface area contributed by atoms with Crippen molar-refractivity contribution in [1.29, 1.82) is 0 Å². The minimum Gasteiger partial charge on any atom is -0.497 e. The molecule has 0 radical (unpaired) electrons. The van der Waals surface area contributed by atoms with Crippen molar-refractivity contribution in [2.45, 2.75) is 19.4 Å². The quantitative estimate of drug-likeness (QED) is 0.628. The van der Waals surface area contributed by atoms with Crippen LogP contribution in [0.3, 0.4) is 0 Å². The zero-order valence-electron chi connectivity index (χ0n) is 17.1. The van der Waals surface area contributed by atoms with Gasteiger partial charge in [0.15, 0.2) is 0 Å². The molecule has 0 fully saturated rings. The molecular formula is C25H26N2O3. The van der Waals surface area contributed by atoms with Crippen molar-refractivity contribution < 1.29 is 14.3 Å². The van der Waals surface area contributed by atoms with Gasteiger partial charge in [0.25, 0.3) is 0 Å². The maximum absolute atomic E-state index is 12.1. The Morgan fingerprint density at radius 1 is 0.967 bits per heavy atom. The Morgan fingerprint density at radius 3 is 2.50 bits per heavy atom. The molecule has 0 unspecified atom stereocenters. The van der Waals surface area contributed by atoms with Crippen LogP contribution in [-0.4, -0.2) is 26.3 Å². The summed E-state index contributed by atoms with van der Waals surface area (Å²) in [6.45, 7) is 2.38. The Balaban J connectivity index is 1.28. The number of carbonyl (C=O) groups excluding carboxylic acids is 1. The van der Waals surface area contributed by atoms with Gasteiger partial charge >= 0.3 is 6.09 Å². The van der Waals surface area contributed by atoms with Gasteiger partial charge in [-0.15, -0.1) is 0 Å². The highest BCUT2D eigenvalue weighted by Gasteiger charge is 2.20. The number of hydrogen-bond acceptors (Lipinski definition) is 4. The normalized spacial score (nSPS) is 12.4. The number of nitrogens with zero attached hydrogens (tertiary/aromatic N) is 1. The van der Waals surface area contributed by atoms with Crippen LogP contribution in [0, 0.1) is 0 Å². The molecule has 0 bridgehead atoms. The van der Waals surface area contributed by atoms with Gasteiger partial charge in [-0.1, -0.05) is 42.5 Å². The van der Waals surface area contributed by atoms with E-state index in [-0.39, 0.29) is 0 Å².